The Balaban J connectivity index is 1.85. The van der Waals surface area contributed by atoms with E-state index >= 15 is 0 Å². The van der Waals surface area contributed by atoms with Crippen molar-refractivity contribution < 1.29 is 9.47 Å². The van der Waals surface area contributed by atoms with Gasteiger partial charge in [0.15, 0.2) is 0 Å². The first-order valence-electron chi connectivity index (χ1n) is 8.33. The van der Waals surface area contributed by atoms with Crippen LogP contribution in [0, 0.1) is 6.92 Å². The van der Waals surface area contributed by atoms with Crippen molar-refractivity contribution in [3.05, 3.63) is 52.4 Å². The van der Waals surface area contributed by atoms with Gasteiger partial charge >= 0.3 is 5.69 Å². The summed E-state index contributed by atoms with van der Waals surface area (Å²) in [6.45, 7) is 4.81. The quantitative estimate of drug-likeness (QED) is 0.550. The molecule has 1 heterocycles. The molecule has 6 nitrogen and oxygen atoms in total. The molecule has 0 saturated heterocycles. The van der Waals surface area contributed by atoms with Crippen molar-refractivity contribution in [3.63, 3.8) is 0 Å². The number of aromatic amines is 2. The molecule has 0 unspecified atom stereocenters. The van der Waals surface area contributed by atoms with E-state index in [1.807, 2.05) is 37.3 Å². The monoisotopic (exact) mass is 341 g/mol. The molecule has 0 saturated carbocycles. The molecular weight excluding hydrogens is 318 g/mol. The van der Waals surface area contributed by atoms with Crippen LogP contribution in [0.2, 0.25) is 0 Å². The van der Waals surface area contributed by atoms with Gasteiger partial charge in [0.25, 0.3) is 0 Å². The third kappa shape index (κ3) is 4.10. The molecule has 0 bridgehead atoms. The van der Waals surface area contributed by atoms with Crippen LogP contribution < -0.4 is 15.7 Å². The molecule has 0 atom stereocenters. The molecule has 0 aliphatic rings. The highest BCUT2D eigenvalue weighted by Gasteiger charge is 2.12. The highest BCUT2D eigenvalue weighted by Crippen LogP contribution is 2.34. The number of imidazole rings is 1. The number of H-pyrrole nitrogens is 2. The molecule has 132 valence electrons. The molecule has 3 aromatic rings. The highest BCUT2D eigenvalue weighted by atomic mass is 16.5. The molecule has 3 rings (SSSR count). The summed E-state index contributed by atoms with van der Waals surface area (Å²) in [5.41, 5.74) is 4.42. The summed E-state index contributed by atoms with van der Waals surface area (Å²) in [6.07, 6.45) is 0. The number of rotatable bonds is 8. The second-order valence-electron chi connectivity index (χ2n) is 5.90. The summed E-state index contributed by atoms with van der Waals surface area (Å²) in [4.78, 5) is 17.3. The lowest BCUT2D eigenvalue weighted by Crippen LogP contribution is -2.24. The van der Waals surface area contributed by atoms with Gasteiger partial charge in [-0.05, 0) is 25.1 Å². The minimum Gasteiger partial charge on any atom is -0.492 e. The molecule has 1 aromatic heterocycles. The number of aryl methyl sites for hydroxylation is 1. The van der Waals surface area contributed by atoms with E-state index in [1.165, 1.54) is 0 Å². The Morgan fingerprint density at radius 1 is 1.04 bits per heavy atom. The molecule has 0 fully saturated rings. The van der Waals surface area contributed by atoms with Gasteiger partial charge in [-0.15, -0.1) is 0 Å². The summed E-state index contributed by atoms with van der Waals surface area (Å²) >= 11 is 0. The average molecular weight is 341 g/mol. The van der Waals surface area contributed by atoms with Crippen LogP contribution in [-0.4, -0.2) is 43.4 Å². The molecular formula is C19H23N3O3. The van der Waals surface area contributed by atoms with E-state index in [0.29, 0.717) is 13.2 Å². The first-order valence-corrected chi connectivity index (χ1v) is 8.33. The van der Waals surface area contributed by atoms with Gasteiger partial charge in [0.05, 0.1) is 17.6 Å². The SMILES string of the molecule is COCCNCCOc1ccc(C)cc1-c1cccc2[nH]c(=O)[nH]c12. The summed E-state index contributed by atoms with van der Waals surface area (Å²) in [7, 11) is 1.68. The van der Waals surface area contributed by atoms with E-state index in [9.17, 15) is 4.79 Å². The topological polar surface area (TPSA) is 79.1 Å². The van der Waals surface area contributed by atoms with E-state index in [2.05, 4.69) is 21.4 Å². The lowest BCUT2D eigenvalue weighted by molar-refractivity contribution is 0.197. The molecule has 0 aliphatic heterocycles. The molecule has 0 aliphatic carbocycles. The zero-order valence-electron chi connectivity index (χ0n) is 14.5. The number of nitrogens with one attached hydrogen (secondary N) is 3. The number of para-hydroxylation sites is 1. The lowest BCUT2D eigenvalue weighted by atomic mass is 10.0. The molecule has 25 heavy (non-hydrogen) atoms. The zero-order valence-corrected chi connectivity index (χ0v) is 14.5. The number of hydrogen-bond donors (Lipinski definition) is 3. The molecule has 2 aromatic carbocycles. The highest BCUT2D eigenvalue weighted by molar-refractivity contribution is 5.93. The third-order valence-electron chi connectivity index (χ3n) is 4.00. The first-order chi connectivity index (χ1) is 12.2. The number of hydrogen-bond acceptors (Lipinski definition) is 4. The maximum absolute atomic E-state index is 11.7. The van der Waals surface area contributed by atoms with Crippen molar-refractivity contribution in [1.82, 2.24) is 15.3 Å². The van der Waals surface area contributed by atoms with E-state index in [1.54, 1.807) is 7.11 Å². The van der Waals surface area contributed by atoms with Crippen LogP contribution in [0.5, 0.6) is 5.75 Å². The Morgan fingerprint density at radius 2 is 1.88 bits per heavy atom. The van der Waals surface area contributed by atoms with Crippen LogP contribution in [0.15, 0.2) is 41.2 Å². The van der Waals surface area contributed by atoms with Crippen LogP contribution in [0.25, 0.3) is 22.2 Å². The summed E-state index contributed by atoms with van der Waals surface area (Å²) in [5, 5.41) is 3.26. The number of fused-ring (bicyclic) bond motifs is 1. The van der Waals surface area contributed by atoms with Gasteiger partial charge in [-0.2, -0.15) is 0 Å². The fraction of sp³-hybridized carbons (Fsp3) is 0.316. The Labute approximate surface area is 146 Å². The summed E-state index contributed by atoms with van der Waals surface area (Å²) < 4.78 is 11.0. The average Bonchev–Trinajstić information content (AvgIpc) is 2.99. The Hall–Kier alpha value is -2.57. The van der Waals surface area contributed by atoms with Gasteiger partial charge in [-0.3, -0.25) is 0 Å². The standard InChI is InChI=1S/C19H23N3O3/c1-13-6-7-17(25-11-9-20-8-10-24-2)15(12-13)14-4-3-5-16-18(14)22-19(23)21-16/h3-7,12,20H,8-11H2,1-2H3,(H2,21,22,23). The predicted molar refractivity (Wildman–Crippen MR) is 99.3 cm³/mol. The Morgan fingerprint density at radius 3 is 2.72 bits per heavy atom. The Bertz CT molecular complexity index is 898. The molecule has 3 N–H and O–H groups in total. The second-order valence-corrected chi connectivity index (χ2v) is 5.90. The van der Waals surface area contributed by atoms with Gasteiger partial charge in [-0.25, -0.2) is 4.79 Å². The lowest BCUT2D eigenvalue weighted by Gasteiger charge is -2.13. The normalized spacial score (nSPS) is 11.1. The fourth-order valence-electron chi connectivity index (χ4n) is 2.80. The van der Waals surface area contributed by atoms with Gasteiger partial charge < -0.3 is 24.8 Å². The number of aromatic nitrogens is 2. The Kier molecular flexibility index (Phi) is 5.53. The maximum atomic E-state index is 11.7. The first kappa shape index (κ1) is 17.3. The fourth-order valence-corrected chi connectivity index (χ4v) is 2.80. The third-order valence-corrected chi connectivity index (χ3v) is 4.00. The van der Waals surface area contributed by atoms with Crippen LogP contribution >= 0.6 is 0 Å². The number of ether oxygens (including phenoxy) is 2. The van der Waals surface area contributed by atoms with Crippen molar-refractivity contribution in [2.75, 3.05) is 33.4 Å². The van der Waals surface area contributed by atoms with Gasteiger partial charge in [0.2, 0.25) is 0 Å². The van der Waals surface area contributed by atoms with Crippen molar-refractivity contribution in [1.29, 1.82) is 0 Å². The van der Waals surface area contributed by atoms with Crippen molar-refractivity contribution in [3.8, 4) is 16.9 Å². The minimum absolute atomic E-state index is 0.208. The van der Waals surface area contributed by atoms with Gasteiger partial charge in [-0.1, -0.05) is 23.8 Å². The zero-order chi connectivity index (χ0) is 17.6. The number of benzene rings is 2. The van der Waals surface area contributed by atoms with E-state index in [-0.39, 0.29) is 5.69 Å². The largest absolute Gasteiger partial charge is 0.492 e. The van der Waals surface area contributed by atoms with Crippen LogP contribution in [0.3, 0.4) is 0 Å². The summed E-state index contributed by atoms with van der Waals surface area (Å²) in [6, 6.07) is 11.9. The number of methoxy groups -OCH3 is 1. The van der Waals surface area contributed by atoms with E-state index in [4.69, 9.17) is 9.47 Å². The molecule has 0 amide bonds. The smallest absolute Gasteiger partial charge is 0.323 e. The van der Waals surface area contributed by atoms with Gasteiger partial charge in [0, 0.05) is 31.3 Å². The molecule has 6 heteroatoms. The van der Waals surface area contributed by atoms with Crippen molar-refractivity contribution >= 4 is 11.0 Å². The van der Waals surface area contributed by atoms with Crippen LogP contribution in [0.4, 0.5) is 0 Å². The van der Waals surface area contributed by atoms with E-state index < -0.39 is 0 Å². The van der Waals surface area contributed by atoms with Gasteiger partial charge in [0.1, 0.15) is 12.4 Å². The molecule has 0 radical (unpaired) electrons. The van der Waals surface area contributed by atoms with E-state index in [0.717, 1.165) is 46.6 Å². The van der Waals surface area contributed by atoms with Crippen LogP contribution in [0.1, 0.15) is 5.56 Å². The van der Waals surface area contributed by atoms with Crippen LogP contribution in [-0.2, 0) is 4.74 Å². The molecule has 0 spiro atoms. The maximum Gasteiger partial charge on any atom is 0.323 e. The van der Waals surface area contributed by atoms with Crippen molar-refractivity contribution in [2.24, 2.45) is 0 Å². The second kappa shape index (κ2) is 8.00. The minimum atomic E-state index is -0.208. The van der Waals surface area contributed by atoms with Crippen molar-refractivity contribution in [2.45, 2.75) is 6.92 Å². The summed E-state index contributed by atoms with van der Waals surface area (Å²) in [5.74, 6) is 0.800. The predicted octanol–water partition coefficient (Wildman–Crippen LogP) is 2.45.